The first-order chi connectivity index (χ1) is 11.7. The second kappa shape index (κ2) is 5.88. The van der Waals surface area contributed by atoms with Crippen molar-refractivity contribution in [3.63, 3.8) is 0 Å². The summed E-state index contributed by atoms with van der Waals surface area (Å²) in [5.74, 6) is 1.03. The van der Waals surface area contributed by atoms with Gasteiger partial charge < -0.3 is 9.32 Å². The Morgan fingerprint density at radius 3 is 2.79 bits per heavy atom. The molecule has 1 spiro atoms. The van der Waals surface area contributed by atoms with Crippen molar-refractivity contribution in [1.82, 2.24) is 20.3 Å². The molecule has 0 unspecified atom stereocenters. The Morgan fingerprint density at radius 2 is 2.12 bits per heavy atom. The number of likely N-dealkylation sites (tertiary alicyclic amines) is 1. The van der Waals surface area contributed by atoms with Crippen LogP contribution in [0.4, 0.5) is 5.95 Å². The lowest BCUT2D eigenvalue weighted by molar-refractivity contribution is 0.00694. The fourth-order valence-corrected chi connectivity index (χ4v) is 3.67. The maximum Gasteiger partial charge on any atom is 0.277 e. The Hall–Kier alpha value is -2.45. The molecule has 2 fully saturated rings. The van der Waals surface area contributed by atoms with Gasteiger partial charge in [-0.3, -0.25) is 14.9 Å². The first-order valence-electron chi connectivity index (χ1n) is 7.94. The number of aromatic nitrogens is 2. The monoisotopic (exact) mass is 329 g/mol. The molecule has 2 saturated heterocycles. The zero-order valence-corrected chi connectivity index (χ0v) is 13.2. The summed E-state index contributed by atoms with van der Waals surface area (Å²) in [7, 11) is 0. The van der Waals surface area contributed by atoms with Gasteiger partial charge in [-0.25, -0.2) is 15.4 Å². The van der Waals surface area contributed by atoms with Crippen LogP contribution in [-0.4, -0.2) is 52.2 Å². The van der Waals surface area contributed by atoms with Crippen molar-refractivity contribution in [2.24, 2.45) is 5.41 Å². The van der Waals surface area contributed by atoms with Crippen molar-refractivity contribution in [1.29, 1.82) is 0 Å². The highest BCUT2D eigenvalue weighted by Gasteiger charge is 2.48. The summed E-state index contributed by atoms with van der Waals surface area (Å²) in [6.45, 7) is 4.80. The Morgan fingerprint density at radius 1 is 1.33 bits per heavy atom. The molecule has 0 bridgehead atoms. The minimum absolute atomic E-state index is 0.239. The van der Waals surface area contributed by atoms with E-state index in [0.717, 1.165) is 44.9 Å². The number of carbonyl (C=O) groups is 1. The predicted molar refractivity (Wildman–Crippen MR) is 84.5 cm³/mol. The number of carbonyl (C=O) groups excluding carboxylic acids is 1. The fourth-order valence-electron chi connectivity index (χ4n) is 3.67. The predicted octanol–water partition coefficient (Wildman–Crippen LogP) is 0.901. The smallest absolute Gasteiger partial charge is 0.277 e. The van der Waals surface area contributed by atoms with Gasteiger partial charge in [-0.1, -0.05) is 0 Å². The Kier molecular flexibility index (Phi) is 3.70. The molecule has 8 nitrogen and oxygen atoms in total. The topological polar surface area (TPSA) is 94.7 Å². The molecule has 2 aromatic rings. The van der Waals surface area contributed by atoms with Crippen LogP contribution in [0.25, 0.3) is 0 Å². The average Bonchev–Trinajstić information content (AvgIpc) is 3.24. The molecule has 0 radical (unpaired) electrons. The Balaban J connectivity index is 1.34. The molecular weight excluding hydrogens is 310 g/mol. The van der Waals surface area contributed by atoms with Crippen molar-refractivity contribution < 1.29 is 14.4 Å². The number of hydrogen-bond donors (Lipinski definition) is 2. The van der Waals surface area contributed by atoms with E-state index < -0.39 is 5.91 Å². The normalized spacial score (nSPS) is 19.5. The third-order valence-corrected chi connectivity index (χ3v) is 4.80. The van der Waals surface area contributed by atoms with Crippen LogP contribution in [0.5, 0.6) is 0 Å². The zero-order chi connectivity index (χ0) is 16.6. The van der Waals surface area contributed by atoms with E-state index in [-0.39, 0.29) is 5.56 Å². The van der Waals surface area contributed by atoms with Gasteiger partial charge in [0.25, 0.3) is 5.91 Å². The van der Waals surface area contributed by atoms with Crippen LogP contribution in [-0.2, 0) is 6.54 Å². The highest BCUT2D eigenvalue weighted by molar-refractivity contribution is 5.92. The lowest BCUT2D eigenvalue weighted by atomic mass is 9.79. The standard InChI is InChI=1S/C16H19N5O3/c22-14(19-23)12-6-17-15(18-7-12)21-4-3-16(11-21)9-20(10-16)8-13-2-1-5-24-13/h1-2,5-7,23H,3-4,8-11H2,(H,19,22). The van der Waals surface area contributed by atoms with Gasteiger partial charge in [0.2, 0.25) is 5.95 Å². The highest BCUT2D eigenvalue weighted by atomic mass is 16.5. The lowest BCUT2D eigenvalue weighted by Crippen LogP contribution is -2.56. The van der Waals surface area contributed by atoms with Gasteiger partial charge in [0.15, 0.2) is 0 Å². The average molecular weight is 329 g/mol. The number of amides is 1. The van der Waals surface area contributed by atoms with Crippen LogP contribution >= 0.6 is 0 Å². The number of nitrogens with zero attached hydrogens (tertiary/aromatic N) is 4. The third kappa shape index (κ3) is 2.74. The summed E-state index contributed by atoms with van der Waals surface area (Å²) in [6.07, 6.45) is 5.69. The fraction of sp³-hybridized carbons (Fsp3) is 0.438. The summed E-state index contributed by atoms with van der Waals surface area (Å²) in [6, 6.07) is 3.92. The number of anilines is 1. The second-order valence-corrected chi connectivity index (χ2v) is 6.61. The summed E-state index contributed by atoms with van der Waals surface area (Å²) >= 11 is 0. The molecule has 0 aromatic carbocycles. The number of hydrogen-bond acceptors (Lipinski definition) is 7. The number of nitrogens with one attached hydrogen (secondary N) is 1. The Labute approximate surface area is 139 Å². The molecule has 8 heteroatoms. The first kappa shape index (κ1) is 15.1. The van der Waals surface area contributed by atoms with Crippen molar-refractivity contribution in [3.8, 4) is 0 Å². The van der Waals surface area contributed by atoms with Gasteiger partial charge in [-0.05, 0) is 18.6 Å². The largest absolute Gasteiger partial charge is 0.468 e. The van der Waals surface area contributed by atoms with E-state index in [0.29, 0.717) is 11.4 Å². The quantitative estimate of drug-likeness (QED) is 0.635. The van der Waals surface area contributed by atoms with Gasteiger partial charge >= 0.3 is 0 Å². The van der Waals surface area contributed by atoms with Crippen molar-refractivity contribution in [2.75, 3.05) is 31.1 Å². The maximum absolute atomic E-state index is 11.3. The summed E-state index contributed by atoms with van der Waals surface area (Å²) in [5.41, 5.74) is 2.12. The van der Waals surface area contributed by atoms with Gasteiger partial charge in [-0.15, -0.1) is 0 Å². The number of hydroxylamine groups is 1. The molecule has 126 valence electrons. The van der Waals surface area contributed by atoms with E-state index >= 15 is 0 Å². The maximum atomic E-state index is 11.3. The minimum atomic E-state index is -0.605. The third-order valence-electron chi connectivity index (χ3n) is 4.80. The molecule has 0 atom stereocenters. The molecular formula is C16H19N5O3. The van der Waals surface area contributed by atoms with Gasteiger partial charge in [0.1, 0.15) is 5.76 Å². The summed E-state index contributed by atoms with van der Waals surface area (Å²) in [4.78, 5) is 24.3. The molecule has 1 amide bonds. The Bertz CT molecular complexity index is 710. The molecule has 0 saturated carbocycles. The summed E-state index contributed by atoms with van der Waals surface area (Å²) < 4.78 is 5.40. The van der Waals surface area contributed by atoms with Crippen LogP contribution < -0.4 is 10.4 Å². The SMILES string of the molecule is O=C(NO)c1cnc(N2CCC3(CN(Cc4ccco4)C3)C2)nc1. The van der Waals surface area contributed by atoms with E-state index in [9.17, 15) is 4.79 Å². The molecule has 4 rings (SSSR count). The molecule has 2 aliphatic rings. The van der Waals surface area contributed by atoms with E-state index in [2.05, 4.69) is 19.8 Å². The van der Waals surface area contributed by atoms with Crippen LogP contribution in [0.1, 0.15) is 22.5 Å². The molecule has 24 heavy (non-hydrogen) atoms. The number of furan rings is 1. The second-order valence-electron chi connectivity index (χ2n) is 6.61. The zero-order valence-electron chi connectivity index (χ0n) is 13.2. The van der Waals surface area contributed by atoms with Crippen molar-refractivity contribution >= 4 is 11.9 Å². The van der Waals surface area contributed by atoms with Crippen LogP contribution in [0.15, 0.2) is 35.2 Å². The lowest BCUT2D eigenvalue weighted by Gasteiger charge is -2.47. The van der Waals surface area contributed by atoms with E-state index in [1.807, 2.05) is 12.1 Å². The molecule has 2 N–H and O–H groups in total. The van der Waals surface area contributed by atoms with Crippen LogP contribution in [0.3, 0.4) is 0 Å². The van der Waals surface area contributed by atoms with Crippen molar-refractivity contribution in [2.45, 2.75) is 13.0 Å². The minimum Gasteiger partial charge on any atom is -0.468 e. The van der Waals surface area contributed by atoms with Crippen molar-refractivity contribution in [3.05, 3.63) is 42.1 Å². The first-order valence-corrected chi connectivity index (χ1v) is 7.94. The molecule has 2 aromatic heterocycles. The van der Waals surface area contributed by atoms with Crippen LogP contribution in [0, 0.1) is 5.41 Å². The van der Waals surface area contributed by atoms with Crippen LogP contribution in [0.2, 0.25) is 0 Å². The van der Waals surface area contributed by atoms with Gasteiger partial charge in [0.05, 0.1) is 18.4 Å². The van der Waals surface area contributed by atoms with E-state index in [1.165, 1.54) is 12.4 Å². The number of rotatable bonds is 4. The highest BCUT2D eigenvalue weighted by Crippen LogP contribution is 2.40. The molecule has 4 heterocycles. The van der Waals surface area contributed by atoms with E-state index in [1.54, 1.807) is 11.7 Å². The molecule has 0 aliphatic carbocycles. The van der Waals surface area contributed by atoms with Gasteiger partial charge in [-0.2, -0.15) is 0 Å². The molecule has 2 aliphatic heterocycles. The van der Waals surface area contributed by atoms with Gasteiger partial charge in [0, 0.05) is 44.0 Å². The summed E-state index contributed by atoms with van der Waals surface area (Å²) in [5, 5.41) is 8.62. The van der Waals surface area contributed by atoms with E-state index in [4.69, 9.17) is 9.62 Å².